The maximum absolute atomic E-state index is 13.2. The quantitative estimate of drug-likeness (QED) is 0.635. The zero-order chi connectivity index (χ0) is 19.7. The van der Waals surface area contributed by atoms with Crippen molar-refractivity contribution in [2.24, 2.45) is 0 Å². The fraction of sp³-hybridized carbons (Fsp3) is 0.300. The van der Waals surface area contributed by atoms with Gasteiger partial charge in [0.2, 0.25) is 0 Å². The van der Waals surface area contributed by atoms with Crippen LogP contribution in [0.5, 0.6) is 0 Å². The second-order valence-electron chi connectivity index (χ2n) is 7.01. The lowest BCUT2D eigenvalue weighted by atomic mass is 10.1. The number of hydrogen-bond acceptors (Lipinski definition) is 6. The SMILES string of the molecule is Cc1ccc(-c2cc(C(=O)N(Cc3cccs3)[C@@H]3CCS(=O)(=O)C3)no2)cc1. The second-order valence-corrected chi connectivity index (χ2v) is 10.3. The summed E-state index contributed by atoms with van der Waals surface area (Å²) in [4.78, 5) is 15.8. The third-order valence-electron chi connectivity index (χ3n) is 4.88. The molecule has 146 valence electrons. The Morgan fingerprint density at radius 2 is 2.07 bits per heavy atom. The van der Waals surface area contributed by atoms with Gasteiger partial charge < -0.3 is 9.42 Å². The summed E-state index contributed by atoms with van der Waals surface area (Å²) >= 11 is 1.54. The molecule has 1 amide bonds. The molecule has 1 aliphatic rings. The number of carbonyl (C=O) groups is 1. The van der Waals surface area contributed by atoms with Crippen LogP contribution in [0.25, 0.3) is 11.3 Å². The normalized spacial score (nSPS) is 18.2. The van der Waals surface area contributed by atoms with Gasteiger partial charge in [0.15, 0.2) is 21.3 Å². The monoisotopic (exact) mass is 416 g/mol. The maximum Gasteiger partial charge on any atom is 0.276 e. The summed E-state index contributed by atoms with van der Waals surface area (Å²) in [6.07, 6.45) is 0.447. The Morgan fingerprint density at radius 1 is 1.29 bits per heavy atom. The second kappa shape index (κ2) is 7.52. The number of amides is 1. The number of thiophene rings is 1. The first-order chi connectivity index (χ1) is 13.4. The summed E-state index contributed by atoms with van der Waals surface area (Å²) in [7, 11) is -3.11. The summed E-state index contributed by atoms with van der Waals surface area (Å²) in [6, 6.07) is 12.9. The fourth-order valence-electron chi connectivity index (χ4n) is 3.34. The van der Waals surface area contributed by atoms with Gasteiger partial charge in [0.1, 0.15) is 0 Å². The summed E-state index contributed by atoms with van der Waals surface area (Å²) < 4.78 is 29.3. The van der Waals surface area contributed by atoms with Crippen LogP contribution in [0.15, 0.2) is 52.4 Å². The highest BCUT2D eigenvalue weighted by Crippen LogP contribution is 2.26. The van der Waals surface area contributed by atoms with Gasteiger partial charge in [-0.3, -0.25) is 4.79 Å². The molecule has 2 aromatic heterocycles. The third kappa shape index (κ3) is 4.02. The molecular weight excluding hydrogens is 396 g/mol. The number of sulfone groups is 1. The molecule has 28 heavy (non-hydrogen) atoms. The number of nitrogens with zero attached hydrogens (tertiary/aromatic N) is 2. The molecule has 4 rings (SSSR count). The highest BCUT2D eigenvalue weighted by atomic mass is 32.2. The van der Waals surface area contributed by atoms with E-state index in [1.165, 1.54) is 11.3 Å². The van der Waals surface area contributed by atoms with Crippen LogP contribution in [0.2, 0.25) is 0 Å². The van der Waals surface area contributed by atoms with Crippen LogP contribution in [-0.4, -0.2) is 41.9 Å². The first-order valence-corrected chi connectivity index (χ1v) is 11.7. The van der Waals surface area contributed by atoms with Gasteiger partial charge in [-0.15, -0.1) is 11.3 Å². The van der Waals surface area contributed by atoms with E-state index in [1.807, 2.05) is 48.7 Å². The number of carbonyl (C=O) groups excluding carboxylic acids is 1. The van der Waals surface area contributed by atoms with Crippen LogP contribution in [0.1, 0.15) is 27.3 Å². The molecule has 0 bridgehead atoms. The van der Waals surface area contributed by atoms with E-state index < -0.39 is 9.84 Å². The molecule has 6 nitrogen and oxygen atoms in total. The molecule has 1 aliphatic heterocycles. The number of rotatable bonds is 5. The van der Waals surface area contributed by atoms with Crippen molar-refractivity contribution in [3.8, 4) is 11.3 Å². The van der Waals surface area contributed by atoms with Crippen molar-refractivity contribution < 1.29 is 17.7 Å². The maximum atomic E-state index is 13.2. The van der Waals surface area contributed by atoms with Crippen LogP contribution in [-0.2, 0) is 16.4 Å². The predicted octanol–water partition coefficient (Wildman–Crippen LogP) is 3.54. The highest BCUT2D eigenvalue weighted by molar-refractivity contribution is 7.91. The van der Waals surface area contributed by atoms with E-state index in [4.69, 9.17) is 4.52 Å². The Kier molecular flexibility index (Phi) is 5.07. The average Bonchev–Trinajstić information content (AvgIpc) is 3.40. The summed E-state index contributed by atoms with van der Waals surface area (Å²) in [5.41, 5.74) is 2.16. The molecule has 3 aromatic rings. The van der Waals surface area contributed by atoms with Crippen molar-refractivity contribution in [3.05, 3.63) is 64.0 Å². The summed E-state index contributed by atoms with van der Waals surface area (Å²) in [5.74, 6) is 0.308. The molecular formula is C20H20N2O4S2. The molecule has 3 heterocycles. The Balaban J connectivity index is 1.61. The molecule has 0 N–H and O–H groups in total. The smallest absolute Gasteiger partial charge is 0.276 e. The third-order valence-corrected chi connectivity index (χ3v) is 7.49. The number of aromatic nitrogens is 1. The van der Waals surface area contributed by atoms with E-state index >= 15 is 0 Å². The van der Waals surface area contributed by atoms with Crippen molar-refractivity contribution in [3.63, 3.8) is 0 Å². The largest absolute Gasteiger partial charge is 0.355 e. The number of benzene rings is 1. The fourth-order valence-corrected chi connectivity index (χ4v) is 5.77. The van der Waals surface area contributed by atoms with Crippen molar-refractivity contribution in [1.29, 1.82) is 0 Å². The Bertz CT molecular complexity index is 1070. The molecule has 1 aromatic carbocycles. The minimum atomic E-state index is -3.11. The minimum Gasteiger partial charge on any atom is -0.355 e. The van der Waals surface area contributed by atoms with E-state index in [9.17, 15) is 13.2 Å². The lowest BCUT2D eigenvalue weighted by molar-refractivity contribution is 0.0672. The van der Waals surface area contributed by atoms with Crippen LogP contribution in [0.3, 0.4) is 0 Å². The standard InChI is InChI=1S/C20H20N2O4S2/c1-14-4-6-15(7-5-14)19-11-18(21-26-19)20(23)22(12-17-3-2-9-27-17)16-8-10-28(24,25)13-16/h2-7,9,11,16H,8,10,12-13H2,1H3/t16-/m1/s1. The van der Waals surface area contributed by atoms with Crippen molar-refractivity contribution >= 4 is 27.1 Å². The van der Waals surface area contributed by atoms with Gasteiger partial charge in [0, 0.05) is 22.5 Å². The number of hydrogen-bond donors (Lipinski definition) is 0. The van der Waals surface area contributed by atoms with E-state index in [0.29, 0.717) is 18.7 Å². The molecule has 0 unspecified atom stereocenters. The van der Waals surface area contributed by atoms with Crippen LogP contribution < -0.4 is 0 Å². The van der Waals surface area contributed by atoms with Crippen LogP contribution in [0, 0.1) is 6.92 Å². The Morgan fingerprint density at radius 3 is 2.71 bits per heavy atom. The Labute approximate surface area is 167 Å². The topological polar surface area (TPSA) is 80.5 Å². The summed E-state index contributed by atoms with van der Waals surface area (Å²) in [5, 5.41) is 5.90. The average molecular weight is 417 g/mol. The van der Waals surface area contributed by atoms with E-state index in [-0.39, 0.29) is 29.1 Å². The van der Waals surface area contributed by atoms with Crippen LogP contribution >= 0.6 is 11.3 Å². The van der Waals surface area contributed by atoms with E-state index in [0.717, 1.165) is 16.0 Å². The van der Waals surface area contributed by atoms with Gasteiger partial charge in [-0.25, -0.2) is 8.42 Å². The minimum absolute atomic E-state index is 0.00716. The summed E-state index contributed by atoms with van der Waals surface area (Å²) in [6.45, 7) is 2.36. The lowest BCUT2D eigenvalue weighted by Crippen LogP contribution is -2.40. The molecule has 0 radical (unpaired) electrons. The zero-order valence-corrected chi connectivity index (χ0v) is 17.0. The van der Waals surface area contributed by atoms with Gasteiger partial charge in [0.05, 0.1) is 18.1 Å². The van der Waals surface area contributed by atoms with Gasteiger partial charge in [0.25, 0.3) is 5.91 Å². The van der Waals surface area contributed by atoms with E-state index in [2.05, 4.69) is 5.16 Å². The van der Waals surface area contributed by atoms with Gasteiger partial charge in [-0.2, -0.15) is 0 Å². The van der Waals surface area contributed by atoms with Crippen LogP contribution in [0.4, 0.5) is 0 Å². The van der Waals surface area contributed by atoms with Crippen molar-refractivity contribution in [1.82, 2.24) is 10.1 Å². The molecule has 0 aliphatic carbocycles. The molecule has 1 saturated heterocycles. The molecule has 0 spiro atoms. The molecule has 1 atom stereocenters. The number of aryl methyl sites for hydroxylation is 1. The van der Waals surface area contributed by atoms with E-state index in [1.54, 1.807) is 11.0 Å². The molecule has 8 heteroatoms. The first kappa shape index (κ1) is 18.9. The van der Waals surface area contributed by atoms with Crippen molar-refractivity contribution in [2.75, 3.05) is 11.5 Å². The van der Waals surface area contributed by atoms with Gasteiger partial charge in [-0.1, -0.05) is 41.1 Å². The predicted molar refractivity (Wildman–Crippen MR) is 108 cm³/mol. The molecule has 1 fully saturated rings. The zero-order valence-electron chi connectivity index (χ0n) is 15.4. The lowest BCUT2D eigenvalue weighted by Gasteiger charge is -2.26. The highest BCUT2D eigenvalue weighted by Gasteiger charge is 2.36. The van der Waals surface area contributed by atoms with Gasteiger partial charge >= 0.3 is 0 Å². The van der Waals surface area contributed by atoms with Gasteiger partial charge in [-0.05, 0) is 24.8 Å². The molecule has 0 saturated carbocycles. The first-order valence-electron chi connectivity index (χ1n) is 8.99. The Hall–Kier alpha value is -2.45. The van der Waals surface area contributed by atoms with Crippen molar-refractivity contribution in [2.45, 2.75) is 25.9 Å².